The molecule has 1 aliphatic carbocycles. The van der Waals surface area contributed by atoms with E-state index in [1.165, 1.54) is 92.3 Å². The van der Waals surface area contributed by atoms with Crippen molar-refractivity contribution in [3.05, 3.63) is 241 Å². The molecule has 0 saturated carbocycles. The fourth-order valence-corrected chi connectivity index (χ4v) is 11.9. The summed E-state index contributed by atoms with van der Waals surface area (Å²) in [5.74, 6) is 0. The summed E-state index contributed by atoms with van der Waals surface area (Å²) in [7, 11) is 2.11. The highest BCUT2D eigenvalue weighted by Crippen LogP contribution is 2.53. The highest BCUT2D eigenvalue weighted by atomic mass is 32.7. The molecule has 0 bridgehead atoms. The maximum atomic E-state index is 3.44. The van der Waals surface area contributed by atoms with Crippen LogP contribution in [0.15, 0.2) is 218 Å². The van der Waals surface area contributed by atoms with Crippen LogP contribution in [-0.4, -0.2) is 0 Å². The van der Waals surface area contributed by atoms with Crippen LogP contribution >= 0.6 is 32.0 Å². The summed E-state index contributed by atoms with van der Waals surface area (Å²) in [5, 5.41) is 4.94. The topological polar surface area (TPSA) is 6.48 Å². The molecule has 1 unspecified atom stereocenters. The van der Waals surface area contributed by atoms with Gasteiger partial charge in [0.1, 0.15) is 0 Å². The van der Waals surface area contributed by atoms with E-state index < -0.39 is 0 Å². The second-order valence-electron chi connectivity index (χ2n) is 18.4. The summed E-state index contributed by atoms with van der Waals surface area (Å²) in [4.78, 5) is 5.01. The number of para-hydroxylation sites is 1. The van der Waals surface area contributed by atoms with Gasteiger partial charge in [-0.3, -0.25) is 0 Å². The Labute approximate surface area is 417 Å². The average Bonchev–Trinajstić information content (AvgIpc) is 3.89. The van der Waals surface area contributed by atoms with Crippen molar-refractivity contribution in [2.75, 3.05) is 9.80 Å². The maximum Gasteiger partial charge on any atom is 0.0554 e. The highest BCUT2D eigenvalue weighted by Gasteiger charge is 2.36. The number of thiol groups is 1. The zero-order chi connectivity index (χ0) is 47.2. The molecule has 336 valence electrons. The Morgan fingerprint density at radius 2 is 1.07 bits per heavy atom. The zero-order valence-corrected chi connectivity index (χ0v) is 42.2. The quantitative estimate of drug-likeness (QED) is 0.114. The number of fused-ring (bicyclic) bond motifs is 7. The van der Waals surface area contributed by atoms with Crippen LogP contribution in [-0.2, 0) is 11.8 Å². The number of nitrogens with zero attached hydrogens (tertiary/aromatic N) is 2. The molecule has 1 aliphatic rings. The van der Waals surface area contributed by atoms with Crippen molar-refractivity contribution in [1.82, 2.24) is 0 Å². The van der Waals surface area contributed by atoms with Crippen molar-refractivity contribution in [2.24, 2.45) is 0 Å². The minimum atomic E-state index is -0.161. The molecule has 0 amide bonds. The Hall–Kier alpha value is -6.94. The van der Waals surface area contributed by atoms with Crippen LogP contribution in [0.25, 0.3) is 64.3 Å². The SMILES string of the molecule is CCc1c(-c2ccccc2C)cc(-c2ccccc2)cc1N(c1ccc2c(c1)C(C)(C)c1ccccc1-2)c1ccc2sc3cccc(N(c4ccccc4)c4ccc5ccccc5c4)c3c2c1.PS. The fraction of sp³-hybridized carbons (Fsp3) is 0.0938. The Morgan fingerprint density at radius 1 is 0.449 bits per heavy atom. The lowest BCUT2D eigenvalue weighted by atomic mass is 9.82. The van der Waals surface area contributed by atoms with Crippen LogP contribution in [0.2, 0.25) is 0 Å². The van der Waals surface area contributed by atoms with Gasteiger partial charge < -0.3 is 9.80 Å². The Bertz CT molecular complexity index is 3690. The summed E-state index contributed by atoms with van der Waals surface area (Å²) in [6.07, 6.45) is 0.859. The molecule has 1 atom stereocenters. The number of thiophene rings is 1. The number of hydrogen-bond acceptors (Lipinski definition) is 4. The van der Waals surface area contributed by atoms with E-state index in [9.17, 15) is 0 Å². The van der Waals surface area contributed by atoms with E-state index in [0.29, 0.717) is 0 Å². The van der Waals surface area contributed by atoms with Gasteiger partial charge in [0.05, 0.1) is 11.4 Å². The first-order valence-corrected chi connectivity index (χ1v) is 26.6. The normalized spacial score (nSPS) is 12.4. The molecule has 1 heterocycles. The van der Waals surface area contributed by atoms with Gasteiger partial charge in [0.25, 0.3) is 0 Å². The first kappa shape index (κ1) is 44.6. The smallest absolute Gasteiger partial charge is 0.0554 e. The molecule has 0 radical (unpaired) electrons. The minimum Gasteiger partial charge on any atom is -0.310 e. The van der Waals surface area contributed by atoms with Crippen molar-refractivity contribution in [3.8, 4) is 33.4 Å². The molecule has 0 saturated heterocycles. The number of hydrogen-bond donors (Lipinski definition) is 1. The van der Waals surface area contributed by atoms with Gasteiger partial charge in [0, 0.05) is 48.3 Å². The van der Waals surface area contributed by atoms with Gasteiger partial charge in [-0.05, 0) is 159 Å². The number of rotatable bonds is 9. The third-order valence-corrected chi connectivity index (χ3v) is 15.3. The van der Waals surface area contributed by atoms with Crippen LogP contribution in [0.5, 0.6) is 0 Å². The second-order valence-corrected chi connectivity index (χ2v) is 19.5. The average molecular weight is 945 g/mol. The minimum absolute atomic E-state index is 0.161. The van der Waals surface area contributed by atoms with E-state index in [0.717, 1.165) is 34.9 Å². The molecule has 0 N–H and O–H groups in total. The Balaban J connectivity index is 0.00000257. The molecular formula is C64H53N2PS2. The van der Waals surface area contributed by atoms with Gasteiger partial charge in [0.2, 0.25) is 0 Å². The van der Waals surface area contributed by atoms with Crippen molar-refractivity contribution < 1.29 is 0 Å². The largest absolute Gasteiger partial charge is 0.310 e. The summed E-state index contributed by atoms with van der Waals surface area (Å²) < 4.78 is 2.52. The van der Waals surface area contributed by atoms with Crippen molar-refractivity contribution in [1.29, 1.82) is 0 Å². The van der Waals surface area contributed by atoms with E-state index in [2.05, 4.69) is 277 Å². The van der Waals surface area contributed by atoms with Crippen LogP contribution in [0.4, 0.5) is 34.1 Å². The van der Waals surface area contributed by atoms with Crippen molar-refractivity contribution in [2.45, 2.75) is 39.5 Å². The van der Waals surface area contributed by atoms with Gasteiger partial charge in [0.15, 0.2) is 0 Å². The number of anilines is 6. The maximum absolute atomic E-state index is 3.44. The molecule has 5 heteroatoms. The third kappa shape index (κ3) is 7.82. The fourth-order valence-electron chi connectivity index (χ4n) is 10.8. The van der Waals surface area contributed by atoms with Crippen molar-refractivity contribution >= 4 is 97.1 Å². The third-order valence-electron chi connectivity index (χ3n) is 14.1. The van der Waals surface area contributed by atoms with E-state index in [-0.39, 0.29) is 5.41 Å². The van der Waals surface area contributed by atoms with E-state index in [1.807, 2.05) is 11.3 Å². The zero-order valence-electron chi connectivity index (χ0n) is 39.3. The monoisotopic (exact) mass is 944 g/mol. The Morgan fingerprint density at radius 3 is 1.86 bits per heavy atom. The van der Waals surface area contributed by atoms with Gasteiger partial charge >= 0.3 is 0 Å². The predicted molar refractivity (Wildman–Crippen MR) is 307 cm³/mol. The van der Waals surface area contributed by atoms with E-state index in [4.69, 9.17) is 0 Å². The summed E-state index contributed by atoms with van der Waals surface area (Å²) >= 11 is 5.32. The summed E-state index contributed by atoms with van der Waals surface area (Å²) in [5.41, 5.74) is 19.6. The van der Waals surface area contributed by atoms with Crippen LogP contribution in [0.1, 0.15) is 43.0 Å². The van der Waals surface area contributed by atoms with Gasteiger partial charge in [-0.15, -0.1) is 11.3 Å². The van der Waals surface area contributed by atoms with Gasteiger partial charge in [-0.1, -0.05) is 169 Å². The summed E-state index contributed by atoms with van der Waals surface area (Å²) in [6.45, 7) is 9.32. The van der Waals surface area contributed by atoms with E-state index >= 15 is 0 Å². The van der Waals surface area contributed by atoms with Crippen LogP contribution in [0, 0.1) is 6.92 Å². The molecule has 0 spiro atoms. The lowest BCUT2D eigenvalue weighted by Gasteiger charge is -2.31. The van der Waals surface area contributed by atoms with Crippen LogP contribution in [0.3, 0.4) is 0 Å². The molecule has 0 aliphatic heterocycles. The molecule has 0 fully saturated rings. The Kier molecular flexibility index (Phi) is 12.0. The van der Waals surface area contributed by atoms with E-state index in [1.54, 1.807) is 0 Å². The second kappa shape index (κ2) is 18.5. The van der Waals surface area contributed by atoms with Crippen LogP contribution < -0.4 is 9.80 Å². The molecule has 12 rings (SSSR count). The summed E-state index contributed by atoms with van der Waals surface area (Å²) in [6, 6.07) is 81.1. The molecule has 10 aromatic carbocycles. The first-order chi connectivity index (χ1) is 33.9. The molecule has 2 nitrogen and oxygen atoms in total. The molecule has 69 heavy (non-hydrogen) atoms. The molecule has 11 aromatic rings. The lowest BCUT2D eigenvalue weighted by Crippen LogP contribution is -2.17. The standard InChI is InChI=1S/C64H50N2S.H3PS/c1-5-51-55(52-26-15-12-19-42(52)2)38-46(43-20-8-6-9-21-43)39-60(51)66(50-33-35-54-53-27-16-17-28-57(53)64(3,4)58(54)41-50)49-34-36-61-56(40-49)63-59(29-18-30-62(63)67-61)65(47-24-10-7-11-25-47)48-32-31-44-22-13-14-23-45(44)37-48;1-2/h6-41H,5H2,1-4H3;2H,1H2. The lowest BCUT2D eigenvalue weighted by molar-refractivity contribution is 0.660. The number of benzene rings is 10. The molecular weight excluding hydrogens is 892 g/mol. The number of aryl methyl sites for hydroxylation is 1. The van der Waals surface area contributed by atoms with Crippen molar-refractivity contribution in [3.63, 3.8) is 0 Å². The van der Waals surface area contributed by atoms with Gasteiger partial charge in [-0.2, -0.15) is 12.2 Å². The predicted octanol–water partition coefficient (Wildman–Crippen LogP) is 19.4. The van der Waals surface area contributed by atoms with Gasteiger partial charge in [-0.25, -0.2) is 0 Å². The first-order valence-electron chi connectivity index (χ1n) is 23.7. The molecule has 1 aromatic heterocycles. The highest BCUT2D eigenvalue weighted by molar-refractivity contribution is 8.31.